The Morgan fingerprint density at radius 3 is 2.55 bits per heavy atom. The smallest absolute Gasteiger partial charge is 0.255 e. The summed E-state index contributed by atoms with van der Waals surface area (Å²) in [4.78, 5) is 16.5. The maximum absolute atomic E-state index is 12.5. The van der Waals surface area contributed by atoms with Crippen molar-refractivity contribution in [3.63, 3.8) is 0 Å². The lowest BCUT2D eigenvalue weighted by Crippen LogP contribution is -2.51. The van der Waals surface area contributed by atoms with Gasteiger partial charge in [0.2, 0.25) is 0 Å². The molecule has 0 bridgehead atoms. The van der Waals surface area contributed by atoms with Crippen LogP contribution in [0.5, 0.6) is 0 Å². The first-order valence-electron chi connectivity index (χ1n) is 6.72. The number of hydrogen-bond donors (Lipinski definition) is 0. The maximum atomic E-state index is 12.5. The molecule has 1 fully saturated rings. The van der Waals surface area contributed by atoms with Gasteiger partial charge in [-0.1, -0.05) is 6.07 Å². The molecule has 1 heterocycles. The molecule has 20 heavy (non-hydrogen) atoms. The van der Waals surface area contributed by atoms with Gasteiger partial charge in [0.05, 0.1) is 17.7 Å². The second-order valence-electron chi connectivity index (χ2n) is 5.12. The molecule has 1 saturated heterocycles. The van der Waals surface area contributed by atoms with E-state index in [1.54, 1.807) is 0 Å². The van der Waals surface area contributed by atoms with Crippen molar-refractivity contribution in [2.75, 3.05) is 26.2 Å². The van der Waals surface area contributed by atoms with Crippen LogP contribution < -0.4 is 0 Å². The SMILES string of the molecule is Cc1ccc(C(=O)N2CCN(C(C)C#N)CC2)c(Br)c1. The minimum Gasteiger partial charge on any atom is -0.336 e. The van der Waals surface area contributed by atoms with E-state index in [0.717, 1.165) is 23.1 Å². The zero-order chi connectivity index (χ0) is 14.7. The molecule has 1 aliphatic rings. The summed E-state index contributed by atoms with van der Waals surface area (Å²) in [5.74, 6) is 0.0566. The van der Waals surface area contributed by atoms with E-state index in [1.807, 2.05) is 36.9 Å². The molecule has 2 rings (SSSR count). The van der Waals surface area contributed by atoms with Crippen LogP contribution in [0, 0.1) is 18.3 Å². The van der Waals surface area contributed by atoms with Gasteiger partial charge in [-0.25, -0.2) is 0 Å². The molecule has 0 aliphatic carbocycles. The van der Waals surface area contributed by atoms with Gasteiger partial charge in [0, 0.05) is 30.7 Å². The molecule has 1 aromatic rings. The molecule has 4 nitrogen and oxygen atoms in total. The van der Waals surface area contributed by atoms with E-state index in [1.165, 1.54) is 0 Å². The predicted octanol–water partition coefficient (Wildman–Crippen LogP) is 2.43. The molecular weight excluding hydrogens is 318 g/mol. The van der Waals surface area contributed by atoms with Gasteiger partial charge in [-0.05, 0) is 47.5 Å². The topological polar surface area (TPSA) is 47.3 Å². The van der Waals surface area contributed by atoms with E-state index in [2.05, 4.69) is 26.9 Å². The van der Waals surface area contributed by atoms with Gasteiger partial charge in [0.15, 0.2) is 0 Å². The standard InChI is InChI=1S/C15H18BrN3O/c1-11-3-4-13(14(16)9-11)15(20)19-7-5-18(6-8-19)12(2)10-17/h3-4,9,12H,5-8H2,1-2H3. The molecule has 106 valence electrons. The van der Waals surface area contributed by atoms with Crippen LogP contribution >= 0.6 is 15.9 Å². The van der Waals surface area contributed by atoms with Crippen LogP contribution in [0.25, 0.3) is 0 Å². The van der Waals surface area contributed by atoms with Crippen molar-refractivity contribution >= 4 is 21.8 Å². The molecule has 0 aromatic heterocycles. The minimum atomic E-state index is -0.0848. The Labute approximate surface area is 128 Å². The quantitative estimate of drug-likeness (QED) is 0.833. The van der Waals surface area contributed by atoms with Crippen molar-refractivity contribution < 1.29 is 4.79 Å². The highest BCUT2D eigenvalue weighted by Crippen LogP contribution is 2.21. The predicted molar refractivity (Wildman–Crippen MR) is 81.4 cm³/mol. The van der Waals surface area contributed by atoms with E-state index >= 15 is 0 Å². The zero-order valence-electron chi connectivity index (χ0n) is 11.8. The van der Waals surface area contributed by atoms with Crippen LogP contribution in [0.2, 0.25) is 0 Å². The highest BCUT2D eigenvalue weighted by atomic mass is 79.9. The number of carbonyl (C=O) groups is 1. The molecule has 0 saturated carbocycles. The van der Waals surface area contributed by atoms with Gasteiger partial charge in [0.25, 0.3) is 5.91 Å². The van der Waals surface area contributed by atoms with Gasteiger partial charge in [-0.3, -0.25) is 9.69 Å². The van der Waals surface area contributed by atoms with Crippen LogP contribution in [-0.2, 0) is 0 Å². The lowest BCUT2D eigenvalue weighted by atomic mass is 10.1. The summed E-state index contributed by atoms with van der Waals surface area (Å²) in [6.45, 7) is 6.75. The number of hydrogen-bond acceptors (Lipinski definition) is 3. The molecule has 1 aromatic carbocycles. The Hall–Kier alpha value is -1.38. The molecule has 1 aliphatic heterocycles. The van der Waals surface area contributed by atoms with Crippen molar-refractivity contribution in [3.8, 4) is 6.07 Å². The van der Waals surface area contributed by atoms with Gasteiger partial charge in [0.1, 0.15) is 0 Å². The van der Waals surface area contributed by atoms with Crippen LogP contribution in [0.3, 0.4) is 0 Å². The van der Waals surface area contributed by atoms with Crippen molar-refractivity contribution in [3.05, 3.63) is 33.8 Å². The van der Waals surface area contributed by atoms with Gasteiger partial charge in [-0.2, -0.15) is 5.26 Å². The number of aryl methyl sites for hydroxylation is 1. The fourth-order valence-corrected chi connectivity index (χ4v) is 3.02. The van der Waals surface area contributed by atoms with E-state index < -0.39 is 0 Å². The Kier molecular flexibility index (Phi) is 4.79. The fourth-order valence-electron chi connectivity index (χ4n) is 2.36. The lowest BCUT2D eigenvalue weighted by molar-refractivity contribution is 0.0615. The number of amides is 1. The lowest BCUT2D eigenvalue weighted by Gasteiger charge is -2.36. The Balaban J connectivity index is 2.04. The highest BCUT2D eigenvalue weighted by Gasteiger charge is 2.25. The summed E-state index contributed by atoms with van der Waals surface area (Å²) in [5.41, 5.74) is 1.83. The Bertz CT molecular complexity index is 545. The Morgan fingerprint density at radius 1 is 1.35 bits per heavy atom. The summed E-state index contributed by atoms with van der Waals surface area (Å²) in [6.07, 6.45) is 0. The average Bonchev–Trinajstić information content (AvgIpc) is 2.46. The van der Waals surface area contributed by atoms with Crippen molar-refractivity contribution in [2.45, 2.75) is 19.9 Å². The second-order valence-corrected chi connectivity index (χ2v) is 5.97. The molecule has 0 spiro atoms. The maximum Gasteiger partial charge on any atom is 0.255 e. The second kappa shape index (κ2) is 6.38. The first-order chi connectivity index (χ1) is 9.52. The van der Waals surface area contributed by atoms with Gasteiger partial charge in [-0.15, -0.1) is 0 Å². The molecule has 0 radical (unpaired) electrons. The van der Waals surface area contributed by atoms with E-state index in [-0.39, 0.29) is 11.9 Å². The number of nitrogens with zero attached hydrogens (tertiary/aromatic N) is 3. The van der Waals surface area contributed by atoms with Crippen molar-refractivity contribution in [1.29, 1.82) is 5.26 Å². The number of piperazine rings is 1. The molecular formula is C15H18BrN3O. The average molecular weight is 336 g/mol. The first-order valence-corrected chi connectivity index (χ1v) is 7.51. The van der Waals surface area contributed by atoms with Gasteiger partial charge >= 0.3 is 0 Å². The van der Waals surface area contributed by atoms with Crippen LogP contribution in [0.15, 0.2) is 22.7 Å². The molecule has 0 N–H and O–H groups in total. The summed E-state index contributed by atoms with van der Waals surface area (Å²) >= 11 is 3.46. The largest absolute Gasteiger partial charge is 0.336 e. The Morgan fingerprint density at radius 2 is 2.00 bits per heavy atom. The fraction of sp³-hybridized carbons (Fsp3) is 0.467. The van der Waals surface area contributed by atoms with Gasteiger partial charge < -0.3 is 4.90 Å². The van der Waals surface area contributed by atoms with Crippen LogP contribution in [0.4, 0.5) is 0 Å². The summed E-state index contributed by atoms with van der Waals surface area (Å²) in [5, 5.41) is 8.92. The van der Waals surface area contributed by atoms with Crippen molar-refractivity contribution in [2.24, 2.45) is 0 Å². The third-order valence-electron chi connectivity index (χ3n) is 3.69. The molecule has 5 heteroatoms. The summed E-state index contributed by atoms with van der Waals surface area (Å²) < 4.78 is 0.843. The number of rotatable bonds is 2. The van der Waals surface area contributed by atoms with E-state index in [9.17, 15) is 4.79 Å². The summed E-state index contributed by atoms with van der Waals surface area (Å²) in [7, 11) is 0. The normalized spacial score (nSPS) is 17.6. The van der Waals surface area contributed by atoms with Crippen molar-refractivity contribution in [1.82, 2.24) is 9.80 Å². The van der Waals surface area contributed by atoms with Crippen LogP contribution in [-0.4, -0.2) is 47.9 Å². The van der Waals surface area contributed by atoms with Crippen LogP contribution in [0.1, 0.15) is 22.8 Å². The molecule has 1 unspecified atom stereocenters. The van der Waals surface area contributed by atoms with E-state index in [0.29, 0.717) is 18.7 Å². The minimum absolute atomic E-state index is 0.0566. The molecule has 1 amide bonds. The van der Waals surface area contributed by atoms with E-state index in [4.69, 9.17) is 5.26 Å². The third-order valence-corrected chi connectivity index (χ3v) is 4.35. The third kappa shape index (κ3) is 3.20. The monoisotopic (exact) mass is 335 g/mol. The number of nitriles is 1. The highest BCUT2D eigenvalue weighted by molar-refractivity contribution is 9.10. The number of benzene rings is 1. The summed E-state index contributed by atoms with van der Waals surface area (Å²) in [6, 6.07) is 7.93. The number of halogens is 1. The number of carbonyl (C=O) groups excluding carboxylic acids is 1. The molecule has 1 atom stereocenters. The zero-order valence-corrected chi connectivity index (χ0v) is 13.4. The first kappa shape index (κ1) is 15.0.